The Hall–Kier alpha value is -1.36. The van der Waals surface area contributed by atoms with Gasteiger partial charge in [-0.3, -0.25) is 4.79 Å². The molecule has 0 atom stereocenters. The van der Waals surface area contributed by atoms with E-state index in [0.717, 1.165) is 0 Å². The van der Waals surface area contributed by atoms with E-state index in [1.165, 1.54) is 16.9 Å². The van der Waals surface area contributed by atoms with Crippen molar-refractivity contribution in [2.75, 3.05) is 12.3 Å². The number of aromatic nitrogens is 2. The van der Waals surface area contributed by atoms with E-state index in [1.54, 1.807) is 0 Å². The SMILES string of the molecule is CC(C)OCCn1ncc(N)cc1=O. The van der Waals surface area contributed by atoms with Crippen LogP contribution in [0.15, 0.2) is 17.1 Å². The molecule has 5 heteroatoms. The van der Waals surface area contributed by atoms with Crippen LogP contribution >= 0.6 is 0 Å². The lowest BCUT2D eigenvalue weighted by molar-refractivity contribution is 0.0702. The van der Waals surface area contributed by atoms with Gasteiger partial charge in [-0.15, -0.1) is 0 Å². The van der Waals surface area contributed by atoms with Crippen LogP contribution in [0, 0.1) is 0 Å². The van der Waals surface area contributed by atoms with Gasteiger partial charge in [-0.2, -0.15) is 5.10 Å². The van der Waals surface area contributed by atoms with Crippen LogP contribution in [0.3, 0.4) is 0 Å². The van der Waals surface area contributed by atoms with Crippen molar-refractivity contribution in [1.29, 1.82) is 0 Å². The highest BCUT2D eigenvalue weighted by molar-refractivity contribution is 5.31. The molecule has 1 aromatic heterocycles. The molecule has 14 heavy (non-hydrogen) atoms. The summed E-state index contributed by atoms with van der Waals surface area (Å²) in [7, 11) is 0. The molecule has 0 aliphatic carbocycles. The first-order valence-corrected chi connectivity index (χ1v) is 4.54. The monoisotopic (exact) mass is 197 g/mol. The first-order valence-electron chi connectivity index (χ1n) is 4.54. The minimum Gasteiger partial charge on any atom is -0.397 e. The zero-order chi connectivity index (χ0) is 10.6. The summed E-state index contributed by atoms with van der Waals surface area (Å²) in [5.41, 5.74) is 5.59. The summed E-state index contributed by atoms with van der Waals surface area (Å²) in [4.78, 5) is 11.3. The van der Waals surface area contributed by atoms with Crippen molar-refractivity contribution in [2.45, 2.75) is 26.5 Å². The Balaban J connectivity index is 2.55. The average molecular weight is 197 g/mol. The maximum Gasteiger partial charge on any atom is 0.268 e. The standard InChI is InChI=1S/C9H15N3O2/c1-7(2)14-4-3-12-9(13)5-8(10)6-11-12/h5-7H,3-4,10H2,1-2H3. The number of nitrogen functional groups attached to an aromatic ring is 1. The number of anilines is 1. The first kappa shape index (κ1) is 10.7. The summed E-state index contributed by atoms with van der Waals surface area (Å²) in [6.45, 7) is 4.82. The molecule has 0 aromatic carbocycles. The van der Waals surface area contributed by atoms with Gasteiger partial charge in [0, 0.05) is 6.07 Å². The maximum atomic E-state index is 11.3. The van der Waals surface area contributed by atoms with Gasteiger partial charge in [0.1, 0.15) is 0 Å². The summed E-state index contributed by atoms with van der Waals surface area (Å²) in [6, 6.07) is 1.35. The van der Waals surface area contributed by atoms with Crippen LogP contribution in [0.2, 0.25) is 0 Å². The highest BCUT2D eigenvalue weighted by Gasteiger charge is 1.98. The molecular weight excluding hydrogens is 182 g/mol. The van der Waals surface area contributed by atoms with Gasteiger partial charge in [0.25, 0.3) is 5.56 Å². The molecule has 78 valence electrons. The fourth-order valence-electron chi connectivity index (χ4n) is 0.990. The predicted molar refractivity (Wildman–Crippen MR) is 54.0 cm³/mol. The number of nitrogens with two attached hydrogens (primary N) is 1. The van der Waals surface area contributed by atoms with Gasteiger partial charge in [0.05, 0.1) is 31.1 Å². The topological polar surface area (TPSA) is 70.1 Å². The van der Waals surface area contributed by atoms with Crippen molar-refractivity contribution in [3.8, 4) is 0 Å². The first-order chi connectivity index (χ1) is 6.59. The number of hydrogen-bond donors (Lipinski definition) is 1. The van der Waals surface area contributed by atoms with Crippen LogP contribution in [-0.2, 0) is 11.3 Å². The molecule has 0 amide bonds. The number of nitrogens with zero attached hydrogens (tertiary/aromatic N) is 2. The third kappa shape index (κ3) is 3.18. The highest BCUT2D eigenvalue weighted by atomic mass is 16.5. The lowest BCUT2D eigenvalue weighted by Crippen LogP contribution is -2.25. The average Bonchev–Trinajstić information content (AvgIpc) is 2.08. The van der Waals surface area contributed by atoms with Crippen molar-refractivity contribution < 1.29 is 4.74 Å². The van der Waals surface area contributed by atoms with E-state index in [0.29, 0.717) is 18.8 Å². The van der Waals surface area contributed by atoms with Crippen molar-refractivity contribution >= 4 is 5.69 Å². The molecule has 0 saturated carbocycles. The van der Waals surface area contributed by atoms with Gasteiger partial charge in [-0.05, 0) is 13.8 Å². The zero-order valence-corrected chi connectivity index (χ0v) is 8.43. The van der Waals surface area contributed by atoms with Gasteiger partial charge in [0.2, 0.25) is 0 Å². The Kier molecular flexibility index (Phi) is 3.64. The summed E-state index contributed by atoms with van der Waals surface area (Å²) < 4.78 is 6.63. The quantitative estimate of drug-likeness (QED) is 0.751. The van der Waals surface area contributed by atoms with Gasteiger partial charge < -0.3 is 10.5 Å². The lowest BCUT2D eigenvalue weighted by Gasteiger charge is -2.08. The number of ether oxygens (including phenoxy) is 1. The maximum absolute atomic E-state index is 11.3. The van der Waals surface area contributed by atoms with Crippen LogP contribution < -0.4 is 11.3 Å². The second-order valence-electron chi connectivity index (χ2n) is 3.27. The van der Waals surface area contributed by atoms with Crippen molar-refractivity contribution in [2.24, 2.45) is 0 Å². The van der Waals surface area contributed by atoms with Gasteiger partial charge in [-0.1, -0.05) is 0 Å². The molecule has 2 N–H and O–H groups in total. The van der Waals surface area contributed by atoms with Crippen molar-refractivity contribution in [3.63, 3.8) is 0 Å². The third-order valence-corrected chi connectivity index (χ3v) is 1.65. The number of rotatable bonds is 4. The molecule has 0 aliphatic heterocycles. The van der Waals surface area contributed by atoms with E-state index < -0.39 is 0 Å². The minimum atomic E-state index is -0.197. The zero-order valence-electron chi connectivity index (χ0n) is 8.43. The smallest absolute Gasteiger partial charge is 0.268 e. The minimum absolute atomic E-state index is 0.166. The molecule has 0 unspecified atom stereocenters. The van der Waals surface area contributed by atoms with Crippen LogP contribution in [0.25, 0.3) is 0 Å². The van der Waals surface area contributed by atoms with E-state index >= 15 is 0 Å². The molecule has 0 fully saturated rings. The van der Waals surface area contributed by atoms with Gasteiger partial charge in [0.15, 0.2) is 0 Å². The van der Waals surface area contributed by atoms with Gasteiger partial charge in [-0.25, -0.2) is 4.68 Å². The van der Waals surface area contributed by atoms with Gasteiger partial charge >= 0.3 is 0 Å². The summed E-state index contributed by atoms with van der Waals surface area (Å²) in [6.07, 6.45) is 1.62. The highest BCUT2D eigenvalue weighted by Crippen LogP contribution is 1.91. The van der Waals surface area contributed by atoms with Crippen LogP contribution in [0.5, 0.6) is 0 Å². The van der Waals surface area contributed by atoms with Crippen LogP contribution in [0.4, 0.5) is 5.69 Å². The van der Waals surface area contributed by atoms with E-state index in [4.69, 9.17) is 10.5 Å². The van der Waals surface area contributed by atoms with Crippen LogP contribution in [0.1, 0.15) is 13.8 Å². The Labute approximate surface area is 82.5 Å². The fourth-order valence-corrected chi connectivity index (χ4v) is 0.990. The summed E-state index contributed by atoms with van der Waals surface area (Å²) in [5, 5.41) is 3.87. The molecule has 0 spiro atoms. The molecule has 0 bridgehead atoms. The molecule has 0 aliphatic rings. The van der Waals surface area contributed by atoms with Crippen molar-refractivity contribution in [1.82, 2.24) is 9.78 Å². The Morgan fingerprint density at radius 3 is 2.93 bits per heavy atom. The molecule has 5 nitrogen and oxygen atoms in total. The Morgan fingerprint density at radius 1 is 1.64 bits per heavy atom. The normalized spacial score (nSPS) is 10.8. The van der Waals surface area contributed by atoms with E-state index in [1.807, 2.05) is 13.8 Å². The second-order valence-corrected chi connectivity index (χ2v) is 3.27. The van der Waals surface area contributed by atoms with E-state index in [-0.39, 0.29) is 11.7 Å². The Bertz CT molecular complexity index is 346. The largest absolute Gasteiger partial charge is 0.397 e. The summed E-state index contributed by atoms with van der Waals surface area (Å²) in [5.74, 6) is 0. The third-order valence-electron chi connectivity index (χ3n) is 1.65. The predicted octanol–water partition coefficient (Wildman–Crippen LogP) is 0.251. The molecule has 1 rings (SSSR count). The molecule has 0 saturated heterocycles. The Morgan fingerprint density at radius 2 is 2.36 bits per heavy atom. The van der Waals surface area contributed by atoms with E-state index in [9.17, 15) is 4.79 Å². The molecular formula is C9H15N3O2. The lowest BCUT2D eigenvalue weighted by atomic mass is 10.5. The van der Waals surface area contributed by atoms with E-state index in [2.05, 4.69) is 5.10 Å². The molecule has 0 radical (unpaired) electrons. The summed E-state index contributed by atoms with van der Waals surface area (Å²) >= 11 is 0. The fraction of sp³-hybridized carbons (Fsp3) is 0.556. The second kappa shape index (κ2) is 4.76. The number of hydrogen-bond acceptors (Lipinski definition) is 4. The van der Waals surface area contributed by atoms with Crippen LogP contribution in [-0.4, -0.2) is 22.5 Å². The molecule has 1 aromatic rings. The molecule has 1 heterocycles. The van der Waals surface area contributed by atoms with Crippen molar-refractivity contribution in [3.05, 3.63) is 22.6 Å².